The van der Waals surface area contributed by atoms with Crippen LogP contribution >= 0.6 is 15.9 Å². The first-order valence-electron chi connectivity index (χ1n) is 9.38. The average molecular weight is 498 g/mol. The van der Waals surface area contributed by atoms with Crippen molar-refractivity contribution in [1.82, 2.24) is 4.31 Å². The van der Waals surface area contributed by atoms with Gasteiger partial charge in [-0.05, 0) is 46.3 Å². The number of hydrogen-bond acceptors (Lipinski definition) is 7. The lowest BCUT2D eigenvalue weighted by Gasteiger charge is -2.27. The molecule has 0 N–H and O–H groups in total. The Kier molecular flexibility index (Phi) is 6.28. The Morgan fingerprint density at radius 2 is 1.87 bits per heavy atom. The van der Waals surface area contributed by atoms with Gasteiger partial charge < -0.3 is 18.9 Å². The summed E-state index contributed by atoms with van der Waals surface area (Å²) in [6.07, 6.45) is -0.448. The van der Waals surface area contributed by atoms with Gasteiger partial charge in [0.2, 0.25) is 10.0 Å². The van der Waals surface area contributed by atoms with Crippen molar-refractivity contribution in [2.45, 2.75) is 11.0 Å². The van der Waals surface area contributed by atoms with Gasteiger partial charge in [-0.2, -0.15) is 4.31 Å². The van der Waals surface area contributed by atoms with Crippen molar-refractivity contribution in [2.24, 2.45) is 0 Å². The molecule has 0 bridgehead atoms. The number of rotatable bonds is 5. The van der Waals surface area contributed by atoms with Crippen molar-refractivity contribution in [3.63, 3.8) is 0 Å². The highest BCUT2D eigenvalue weighted by atomic mass is 79.9. The summed E-state index contributed by atoms with van der Waals surface area (Å²) in [7, 11) is -3.76. The second kappa shape index (κ2) is 8.93. The third-order valence-corrected chi connectivity index (χ3v) is 7.62. The molecule has 0 unspecified atom stereocenters. The molecule has 2 aliphatic rings. The summed E-state index contributed by atoms with van der Waals surface area (Å²) in [4.78, 5) is 12.6. The quantitative estimate of drug-likeness (QED) is 0.585. The van der Waals surface area contributed by atoms with E-state index in [0.29, 0.717) is 29.2 Å². The molecular weight excluding hydrogens is 478 g/mol. The van der Waals surface area contributed by atoms with Crippen LogP contribution in [0, 0.1) is 0 Å². The van der Waals surface area contributed by atoms with Gasteiger partial charge in [0.15, 0.2) is 17.6 Å². The van der Waals surface area contributed by atoms with Crippen molar-refractivity contribution < 1.29 is 32.2 Å². The smallest absolute Gasteiger partial charge is 0.338 e. The molecule has 0 spiro atoms. The number of carbonyl (C=O) groups excluding carboxylic acids is 1. The topological polar surface area (TPSA) is 91.4 Å². The summed E-state index contributed by atoms with van der Waals surface area (Å²) in [6.45, 7) is 1.44. The van der Waals surface area contributed by atoms with Crippen LogP contribution in [0.4, 0.5) is 0 Å². The first kappa shape index (κ1) is 21.1. The van der Waals surface area contributed by atoms with Gasteiger partial charge in [-0.25, -0.2) is 13.2 Å². The molecule has 0 radical (unpaired) electrons. The lowest BCUT2D eigenvalue weighted by atomic mass is 10.2. The summed E-state index contributed by atoms with van der Waals surface area (Å²) >= 11 is 3.27. The van der Waals surface area contributed by atoms with Crippen LogP contribution < -0.4 is 9.47 Å². The summed E-state index contributed by atoms with van der Waals surface area (Å²) < 4.78 is 49.6. The maximum Gasteiger partial charge on any atom is 0.338 e. The number of fused-ring (bicyclic) bond motifs is 1. The van der Waals surface area contributed by atoms with E-state index in [1.165, 1.54) is 22.5 Å². The van der Waals surface area contributed by atoms with E-state index >= 15 is 0 Å². The van der Waals surface area contributed by atoms with Gasteiger partial charge in [0.1, 0.15) is 13.2 Å². The molecule has 2 aromatic carbocycles. The van der Waals surface area contributed by atoms with E-state index in [4.69, 9.17) is 18.9 Å². The predicted molar refractivity (Wildman–Crippen MR) is 110 cm³/mol. The van der Waals surface area contributed by atoms with E-state index < -0.39 is 22.1 Å². The van der Waals surface area contributed by atoms with E-state index in [1.807, 2.05) is 12.1 Å². The van der Waals surface area contributed by atoms with E-state index in [1.54, 1.807) is 12.1 Å². The number of ether oxygens (including phenoxy) is 4. The molecule has 2 heterocycles. The SMILES string of the molecule is O=C(OC[C@H]1COc2ccccc2O1)c1ccc(Br)c(S(=O)(=O)N2CCOCC2)c1. The van der Waals surface area contributed by atoms with Gasteiger partial charge in [0.05, 0.1) is 23.7 Å². The lowest BCUT2D eigenvalue weighted by molar-refractivity contribution is 0.0109. The Balaban J connectivity index is 1.44. The predicted octanol–water partition coefficient (Wildman–Crippen LogP) is 2.47. The zero-order chi connectivity index (χ0) is 21.1. The molecule has 160 valence electrons. The molecule has 2 aromatic rings. The second-order valence-electron chi connectivity index (χ2n) is 6.76. The minimum atomic E-state index is -3.76. The highest BCUT2D eigenvalue weighted by Crippen LogP contribution is 2.31. The van der Waals surface area contributed by atoms with Gasteiger partial charge in [0, 0.05) is 17.6 Å². The summed E-state index contributed by atoms with van der Waals surface area (Å²) in [6, 6.07) is 11.6. The number of nitrogens with zero attached hydrogens (tertiary/aromatic N) is 1. The Morgan fingerprint density at radius 3 is 2.63 bits per heavy atom. The molecule has 1 atom stereocenters. The highest BCUT2D eigenvalue weighted by molar-refractivity contribution is 9.10. The monoisotopic (exact) mass is 497 g/mol. The number of carbonyl (C=O) groups is 1. The van der Waals surface area contributed by atoms with Crippen LogP contribution in [0.25, 0.3) is 0 Å². The zero-order valence-electron chi connectivity index (χ0n) is 16.0. The Bertz CT molecular complexity index is 1040. The van der Waals surface area contributed by atoms with Gasteiger partial charge in [-0.1, -0.05) is 12.1 Å². The van der Waals surface area contributed by atoms with Crippen molar-refractivity contribution >= 4 is 31.9 Å². The van der Waals surface area contributed by atoms with E-state index in [9.17, 15) is 13.2 Å². The zero-order valence-corrected chi connectivity index (χ0v) is 18.4. The number of para-hydroxylation sites is 2. The van der Waals surface area contributed by atoms with Gasteiger partial charge in [-0.3, -0.25) is 0 Å². The molecule has 0 aromatic heterocycles. The number of halogens is 1. The lowest BCUT2D eigenvalue weighted by Crippen LogP contribution is -2.40. The molecule has 2 aliphatic heterocycles. The van der Waals surface area contributed by atoms with Crippen LogP contribution in [0.5, 0.6) is 11.5 Å². The summed E-state index contributed by atoms with van der Waals surface area (Å²) in [5.41, 5.74) is 0.141. The first-order valence-corrected chi connectivity index (χ1v) is 11.6. The largest absolute Gasteiger partial charge is 0.486 e. The Labute approximate surface area is 182 Å². The van der Waals surface area contributed by atoms with Crippen LogP contribution in [0.2, 0.25) is 0 Å². The maximum atomic E-state index is 13.0. The van der Waals surface area contributed by atoms with Gasteiger partial charge >= 0.3 is 5.97 Å². The second-order valence-corrected chi connectivity index (χ2v) is 9.52. The molecule has 0 saturated carbocycles. The van der Waals surface area contributed by atoms with E-state index in [0.717, 1.165) is 0 Å². The number of sulfonamides is 1. The third-order valence-electron chi connectivity index (χ3n) is 4.72. The molecule has 4 rings (SSSR count). The minimum Gasteiger partial charge on any atom is -0.486 e. The molecule has 1 fully saturated rings. The van der Waals surface area contributed by atoms with Crippen LogP contribution in [0.15, 0.2) is 51.8 Å². The number of morpholine rings is 1. The van der Waals surface area contributed by atoms with Crippen molar-refractivity contribution in [3.05, 3.63) is 52.5 Å². The Morgan fingerprint density at radius 1 is 1.13 bits per heavy atom. The van der Waals surface area contributed by atoms with Crippen molar-refractivity contribution in [3.8, 4) is 11.5 Å². The fourth-order valence-corrected chi connectivity index (χ4v) is 5.51. The normalized spacial score (nSPS) is 19.3. The third kappa shape index (κ3) is 4.46. The standard InChI is InChI=1S/C20H20BrNO7S/c21-16-6-5-14(11-19(16)30(24,25)22-7-9-26-10-8-22)20(23)28-13-15-12-27-17-3-1-2-4-18(17)29-15/h1-6,11,15H,7-10,12-13H2/t15-/m1/s1. The van der Waals surface area contributed by atoms with Crippen LogP contribution in [-0.2, 0) is 19.5 Å². The van der Waals surface area contributed by atoms with Crippen LogP contribution in [0.3, 0.4) is 0 Å². The first-order chi connectivity index (χ1) is 14.4. The Hall–Kier alpha value is -2.14. The highest BCUT2D eigenvalue weighted by Gasteiger charge is 2.29. The molecule has 0 amide bonds. The maximum absolute atomic E-state index is 13.0. The molecule has 30 heavy (non-hydrogen) atoms. The fraction of sp³-hybridized carbons (Fsp3) is 0.350. The van der Waals surface area contributed by atoms with E-state index in [2.05, 4.69) is 15.9 Å². The average Bonchev–Trinajstić information content (AvgIpc) is 2.78. The molecule has 1 saturated heterocycles. The van der Waals surface area contributed by atoms with Crippen LogP contribution in [0.1, 0.15) is 10.4 Å². The van der Waals surface area contributed by atoms with Crippen molar-refractivity contribution in [2.75, 3.05) is 39.5 Å². The van der Waals surface area contributed by atoms with Gasteiger partial charge in [-0.15, -0.1) is 0 Å². The number of hydrogen-bond donors (Lipinski definition) is 0. The van der Waals surface area contributed by atoms with Crippen molar-refractivity contribution in [1.29, 1.82) is 0 Å². The number of benzene rings is 2. The molecule has 0 aliphatic carbocycles. The summed E-state index contributed by atoms with van der Waals surface area (Å²) in [5, 5.41) is 0. The minimum absolute atomic E-state index is 0.0185. The van der Waals surface area contributed by atoms with Gasteiger partial charge in [0.25, 0.3) is 0 Å². The molecule has 10 heteroatoms. The van der Waals surface area contributed by atoms with E-state index in [-0.39, 0.29) is 36.8 Å². The summed E-state index contributed by atoms with van der Waals surface area (Å²) in [5.74, 6) is 0.599. The molecule has 8 nitrogen and oxygen atoms in total. The molecular formula is C20H20BrNO7S. The van der Waals surface area contributed by atoms with Crippen LogP contribution in [-0.4, -0.2) is 64.3 Å². The number of esters is 1. The fourth-order valence-electron chi connectivity index (χ4n) is 3.15.